The lowest BCUT2D eigenvalue weighted by atomic mass is 9.97. The van der Waals surface area contributed by atoms with Crippen molar-refractivity contribution in [1.29, 1.82) is 0 Å². The molecule has 6 heteroatoms. The summed E-state index contributed by atoms with van der Waals surface area (Å²) in [7, 11) is 0. The molecule has 0 aliphatic carbocycles. The Kier molecular flexibility index (Phi) is 5.93. The molecule has 1 rings (SSSR count). The highest BCUT2D eigenvalue weighted by atomic mass is 19.4. The zero-order valence-corrected chi connectivity index (χ0v) is 12.0. The molecule has 0 aromatic carbocycles. The molecule has 116 valence electrons. The zero-order chi connectivity index (χ0) is 16.0. The molecule has 1 aromatic rings. The Morgan fingerprint density at radius 3 is 2.43 bits per heavy atom. The third-order valence-corrected chi connectivity index (χ3v) is 2.91. The minimum absolute atomic E-state index is 0.299. The molecule has 0 spiro atoms. The van der Waals surface area contributed by atoms with E-state index in [4.69, 9.17) is 5.11 Å². The molecular weight excluding hydrogens is 283 g/mol. The molecule has 3 nitrogen and oxygen atoms in total. The Morgan fingerprint density at radius 1 is 1.29 bits per heavy atom. The molecular formula is C15H18F3NO2. The van der Waals surface area contributed by atoms with E-state index in [2.05, 4.69) is 4.98 Å². The maximum Gasteiger partial charge on any atom is 0.433 e. The monoisotopic (exact) mass is 301 g/mol. The molecule has 21 heavy (non-hydrogen) atoms. The van der Waals surface area contributed by atoms with Crippen molar-refractivity contribution in [3.05, 3.63) is 35.2 Å². The average Bonchev–Trinajstić information content (AvgIpc) is 2.37. The molecule has 1 aromatic heterocycles. The lowest BCUT2D eigenvalue weighted by Crippen LogP contribution is -2.11. The van der Waals surface area contributed by atoms with Gasteiger partial charge in [0.25, 0.3) is 0 Å². The van der Waals surface area contributed by atoms with Crippen LogP contribution in [0.4, 0.5) is 13.2 Å². The van der Waals surface area contributed by atoms with Crippen LogP contribution in [-0.2, 0) is 17.4 Å². The Bertz CT molecular complexity index is 536. The molecule has 0 aliphatic heterocycles. The van der Waals surface area contributed by atoms with Gasteiger partial charge in [0.2, 0.25) is 0 Å². The van der Waals surface area contributed by atoms with Crippen LogP contribution in [0, 0.1) is 0 Å². The second kappa shape index (κ2) is 7.24. The van der Waals surface area contributed by atoms with Crippen LogP contribution >= 0.6 is 0 Å². The number of pyridine rings is 1. The van der Waals surface area contributed by atoms with Crippen LogP contribution in [0.2, 0.25) is 0 Å². The minimum atomic E-state index is -4.50. The van der Waals surface area contributed by atoms with Crippen molar-refractivity contribution >= 4 is 11.5 Å². The number of allylic oxidation sites excluding steroid dienone is 1. The summed E-state index contributed by atoms with van der Waals surface area (Å²) in [6, 6.07) is 2.23. The van der Waals surface area contributed by atoms with E-state index in [0.29, 0.717) is 42.5 Å². The summed E-state index contributed by atoms with van der Waals surface area (Å²) < 4.78 is 38.2. The fourth-order valence-corrected chi connectivity index (χ4v) is 2.08. The Labute approximate surface area is 121 Å². The molecule has 0 fully saturated rings. The number of carboxylic acid groups (broad SMARTS) is 1. The van der Waals surface area contributed by atoms with E-state index >= 15 is 0 Å². The van der Waals surface area contributed by atoms with Gasteiger partial charge in [-0.15, -0.1) is 0 Å². The highest BCUT2D eigenvalue weighted by molar-refractivity contribution is 5.90. The van der Waals surface area contributed by atoms with Gasteiger partial charge < -0.3 is 5.11 Å². The topological polar surface area (TPSA) is 50.2 Å². The van der Waals surface area contributed by atoms with E-state index in [1.54, 1.807) is 0 Å². The Balaban J connectivity index is 3.36. The second-order valence-corrected chi connectivity index (χ2v) is 4.70. The first-order chi connectivity index (χ1) is 9.79. The van der Waals surface area contributed by atoms with Crippen molar-refractivity contribution in [2.24, 2.45) is 0 Å². The largest absolute Gasteiger partial charge is 0.478 e. The van der Waals surface area contributed by atoms with Gasteiger partial charge in [-0.05, 0) is 30.0 Å². The molecule has 0 amide bonds. The number of aliphatic carboxylic acids is 1. The SMILES string of the molecule is CCC/C(=C/C(=O)O)c1ccc(C(F)(F)F)nc1CCC. The first kappa shape index (κ1) is 17.2. The van der Waals surface area contributed by atoms with Crippen LogP contribution in [0.1, 0.15) is 50.1 Å². The number of carbonyl (C=O) groups is 1. The molecule has 0 aliphatic rings. The summed E-state index contributed by atoms with van der Waals surface area (Å²) in [4.78, 5) is 14.6. The van der Waals surface area contributed by atoms with Gasteiger partial charge in [0.1, 0.15) is 5.69 Å². The molecule has 0 saturated heterocycles. The summed E-state index contributed by atoms with van der Waals surface area (Å²) in [6.07, 6.45) is -1.26. The van der Waals surface area contributed by atoms with Crippen LogP contribution in [0.25, 0.3) is 5.57 Å². The van der Waals surface area contributed by atoms with Crippen LogP contribution < -0.4 is 0 Å². The van der Waals surface area contributed by atoms with E-state index in [0.717, 1.165) is 12.1 Å². The standard InChI is InChI=1S/C15H18F3NO2/c1-3-5-10(9-14(20)21)11-7-8-13(15(16,17)18)19-12(11)6-4-2/h7-9H,3-6H2,1-2H3,(H,20,21)/b10-9-. The van der Waals surface area contributed by atoms with E-state index in [1.165, 1.54) is 6.07 Å². The third-order valence-electron chi connectivity index (χ3n) is 2.91. The van der Waals surface area contributed by atoms with E-state index < -0.39 is 17.8 Å². The first-order valence-electron chi connectivity index (χ1n) is 6.80. The van der Waals surface area contributed by atoms with Crippen LogP contribution in [0.15, 0.2) is 18.2 Å². The number of hydrogen-bond donors (Lipinski definition) is 1. The fraction of sp³-hybridized carbons (Fsp3) is 0.467. The van der Waals surface area contributed by atoms with Crippen LogP contribution in [0.5, 0.6) is 0 Å². The number of aryl methyl sites for hydroxylation is 1. The van der Waals surface area contributed by atoms with Gasteiger partial charge in [-0.3, -0.25) is 0 Å². The molecule has 1 heterocycles. The van der Waals surface area contributed by atoms with Crippen molar-refractivity contribution < 1.29 is 23.1 Å². The smallest absolute Gasteiger partial charge is 0.433 e. The quantitative estimate of drug-likeness (QED) is 0.796. The number of rotatable bonds is 6. The fourth-order valence-electron chi connectivity index (χ4n) is 2.08. The maximum atomic E-state index is 12.7. The van der Waals surface area contributed by atoms with Crippen molar-refractivity contribution in [2.45, 2.75) is 45.7 Å². The average molecular weight is 301 g/mol. The highest BCUT2D eigenvalue weighted by Gasteiger charge is 2.33. The van der Waals surface area contributed by atoms with Gasteiger partial charge in [-0.1, -0.05) is 32.8 Å². The van der Waals surface area contributed by atoms with Crippen molar-refractivity contribution in [1.82, 2.24) is 4.98 Å². The first-order valence-corrected chi connectivity index (χ1v) is 6.80. The summed E-state index contributed by atoms with van der Waals surface area (Å²) in [5.74, 6) is -1.11. The van der Waals surface area contributed by atoms with E-state index in [-0.39, 0.29) is 0 Å². The van der Waals surface area contributed by atoms with Gasteiger partial charge in [0.05, 0.1) is 0 Å². The van der Waals surface area contributed by atoms with Crippen LogP contribution in [0.3, 0.4) is 0 Å². The second-order valence-electron chi connectivity index (χ2n) is 4.70. The Hall–Kier alpha value is -1.85. The number of aromatic nitrogens is 1. The highest BCUT2D eigenvalue weighted by Crippen LogP contribution is 2.31. The van der Waals surface area contributed by atoms with Gasteiger partial charge >= 0.3 is 12.1 Å². The van der Waals surface area contributed by atoms with Gasteiger partial charge in [-0.25, -0.2) is 9.78 Å². The molecule has 1 N–H and O–H groups in total. The van der Waals surface area contributed by atoms with Gasteiger partial charge in [0, 0.05) is 11.8 Å². The minimum Gasteiger partial charge on any atom is -0.478 e. The lowest BCUT2D eigenvalue weighted by Gasteiger charge is -2.14. The summed E-state index contributed by atoms with van der Waals surface area (Å²) in [5, 5.41) is 8.90. The third kappa shape index (κ3) is 4.88. The molecule has 0 bridgehead atoms. The van der Waals surface area contributed by atoms with Crippen LogP contribution in [-0.4, -0.2) is 16.1 Å². The van der Waals surface area contributed by atoms with Gasteiger partial charge in [-0.2, -0.15) is 13.2 Å². The molecule has 0 radical (unpaired) electrons. The van der Waals surface area contributed by atoms with E-state index in [1.807, 2.05) is 13.8 Å². The van der Waals surface area contributed by atoms with Crippen molar-refractivity contribution in [2.75, 3.05) is 0 Å². The van der Waals surface area contributed by atoms with Crippen molar-refractivity contribution in [3.63, 3.8) is 0 Å². The molecule has 0 atom stereocenters. The maximum absolute atomic E-state index is 12.7. The number of hydrogen-bond acceptors (Lipinski definition) is 2. The number of halogens is 3. The van der Waals surface area contributed by atoms with E-state index in [9.17, 15) is 18.0 Å². The number of alkyl halides is 3. The van der Waals surface area contributed by atoms with Crippen molar-refractivity contribution in [3.8, 4) is 0 Å². The molecule has 0 unspecified atom stereocenters. The number of nitrogens with zero attached hydrogens (tertiary/aromatic N) is 1. The Morgan fingerprint density at radius 2 is 1.95 bits per heavy atom. The normalized spacial score (nSPS) is 12.5. The predicted molar refractivity (Wildman–Crippen MR) is 73.8 cm³/mol. The zero-order valence-electron chi connectivity index (χ0n) is 12.0. The molecule has 0 saturated carbocycles. The van der Waals surface area contributed by atoms with Gasteiger partial charge in [0.15, 0.2) is 0 Å². The lowest BCUT2D eigenvalue weighted by molar-refractivity contribution is -0.141. The summed E-state index contributed by atoms with van der Waals surface area (Å²) in [5.41, 5.74) is 0.359. The summed E-state index contributed by atoms with van der Waals surface area (Å²) in [6.45, 7) is 3.72. The predicted octanol–water partition coefficient (Wildman–Crippen LogP) is 4.32. The summed E-state index contributed by atoms with van der Waals surface area (Å²) >= 11 is 0. The number of carboxylic acids is 1.